The monoisotopic (exact) mass is 375 g/mol. The van der Waals surface area contributed by atoms with E-state index in [2.05, 4.69) is 14.8 Å². The zero-order valence-corrected chi connectivity index (χ0v) is 16.6. The summed E-state index contributed by atoms with van der Waals surface area (Å²) in [5.74, 6) is -4.02. The van der Waals surface area contributed by atoms with E-state index < -0.39 is 53.6 Å². The zero-order valence-electron chi connectivity index (χ0n) is 16.6. The lowest BCUT2D eigenvalue weighted by molar-refractivity contribution is -0.169. The van der Waals surface area contributed by atoms with Crippen molar-refractivity contribution in [3.8, 4) is 0 Å². The number of amides is 1. The molecule has 0 heterocycles. The molecule has 0 rings (SSSR count). The van der Waals surface area contributed by atoms with Crippen molar-refractivity contribution in [3.63, 3.8) is 0 Å². The first-order valence-electron chi connectivity index (χ1n) is 8.08. The molecule has 0 aromatic carbocycles. The van der Waals surface area contributed by atoms with Gasteiger partial charge in [-0.25, -0.2) is 9.59 Å². The van der Waals surface area contributed by atoms with Gasteiger partial charge in [0.15, 0.2) is 5.92 Å². The number of ether oxygens (including phenoxy) is 4. The largest absolute Gasteiger partial charge is 0.468 e. The third-order valence-corrected chi connectivity index (χ3v) is 2.83. The number of carbonyl (C=O) groups excluding carboxylic acids is 4. The summed E-state index contributed by atoms with van der Waals surface area (Å²) in [6.45, 7) is 9.86. The Labute approximate surface area is 153 Å². The molecule has 1 amide bonds. The van der Waals surface area contributed by atoms with E-state index in [1.54, 1.807) is 41.5 Å². The summed E-state index contributed by atoms with van der Waals surface area (Å²) in [4.78, 5) is 48.2. The zero-order chi connectivity index (χ0) is 20.7. The molecule has 0 aliphatic carbocycles. The number of esters is 3. The summed E-state index contributed by atoms with van der Waals surface area (Å²) in [5, 5.41) is 2.30. The average Bonchev–Trinajstić information content (AvgIpc) is 2.45. The lowest BCUT2D eigenvalue weighted by Crippen LogP contribution is -2.47. The molecule has 0 spiro atoms. The highest BCUT2D eigenvalue weighted by Gasteiger charge is 2.38. The minimum Gasteiger partial charge on any atom is -0.468 e. The molecule has 150 valence electrons. The molecule has 0 aliphatic heterocycles. The van der Waals surface area contributed by atoms with E-state index in [9.17, 15) is 19.2 Å². The normalized spacial score (nSPS) is 13.8. The van der Waals surface area contributed by atoms with Crippen LogP contribution in [0.2, 0.25) is 0 Å². The number of methoxy groups -OCH3 is 2. The van der Waals surface area contributed by atoms with Gasteiger partial charge in [-0.15, -0.1) is 0 Å². The number of hydrogen-bond donors (Lipinski definition) is 1. The molecule has 9 heteroatoms. The summed E-state index contributed by atoms with van der Waals surface area (Å²) in [6, 6.07) is -1.30. The molecule has 0 saturated carbocycles. The summed E-state index contributed by atoms with van der Waals surface area (Å²) >= 11 is 0. The maximum Gasteiger partial charge on any atom is 0.408 e. The number of alkyl carbamates (subject to hydrolysis) is 1. The second-order valence-electron chi connectivity index (χ2n) is 7.57. The van der Waals surface area contributed by atoms with Crippen molar-refractivity contribution in [2.24, 2.45) is 5.92 Å². The predicted octanol–water partition coefficient (Wildman–Crippen LogP) is 1.57. The lowest BCUT2D eigenvalue weighted by Gasteiger charge is -2.26. The van der Waals surface area contributed by atoms with Crippen LogP contribution in [0, 0.1) is 5.92 Å². The number of nitrogens with one attached hydrogen (secondary N) is 1. The first kappa shape index (κ1) is 23.7. The van der Waals surface area contributed by atoms with Crippen LogP contribution in [0.3, 0.4) is 0 Å². The Hall–Kier alpha value is -2.32. The molecule has 9 nitrogen and oxygen atoms in total. The molecule has 0 fully saturated rings. The third-order valence-electron chi connectivity index (χ3n) is 2.83. The van der Waals surface area contributed by atoms with Crippen molar-refractivity contribution in [1.82, 2.24) is 5.32 Å². The van der Waals surface area contributed by atoms with Gasteiger partial charge in [-0.05, 0) is 41.5 Å². The Kier molecular flexibility index (Phi) is 8.56. The maximum atomic E-state index is 12.3. The van der Waals surface area contributed by atoms with Crippen LogP contribution in [-0.2, 0) is 33.3 Å². The topological polar surface area (TPSA) is 117 Å². The van der Waals surface area contributed by atoms with Gasteiger partial charge in [0.25, 0.3) is 0 Å². The maximum absolute atomic E-state index is 12.3. The van der Waals surface area contributed by atoms with Gasteiger partial charge < -0.3 is 24.3 Å². The summed E-state index contributed by atoms with van der Waals surface area (Å²) < 4.78 is 19.5. The van der Waals surface area contributed by atoms with Gasteiger partial charge in [0, 0.05) is 6.42 Å². The Balaban J connectivity index is 5.38. The second-order valence-corrected chi connectivity index (χ2v) is 7.57. The summed E-state index contributed by atoms with van der Waals surface area (Å²) in [6.07, 6.45) is -1.28. The van der Waals surface area contributed by atoms with Crippen LogP contribution in [0.1, 0.15) is 48.0 Å². The molecule has 0 saturated heterocycles. The highest BCUT2D eigenvalue weighted by atomic mass is 16.6. The van der Waals surface area contributed by atoms with E-state index in [4.69, 9.17) is 9.47 Å². The van der Waals surface area contributed by atoms with E-state index >= 15 is 0 Å². The van der Waals surface area contributed by atoms with Crippen LogP contribution >= 0.6 is 0 Å². The average molecular weight is 375 g/mol. The third kappa shape index (κ3) is 9.24. The van der Waals surface area contributed by atoms with Crippen LogP contribution in [0.25, 0.3) is 0 Å². The standard InChI is InChI=1S/C17H29NO8/c1-16(2,3)25-13(20)10(12(19)23-7)9-11(14(21)24-8)18-15(22)26-17(4,5)6/h10-11H,9H2,1-8H3,(H,18,22)/t10?,11-/m0/s1. The van der Waals surface area contributed by atoms with Crippen molar-refractivity contribution < 1.29 is 38.1 Å². The summed E-state index contributed by atoms with van der Waals surface area (Å²) in [5.41, 5.74) is -1.64. The quantitative estimate of drug-likeness (QED) is 0.422. The fraction of sp³-hybridized carbons (Fsp3) is 0.765. The first-order valence-corrected chi connectivity index (χ1v) is 8.08. The number of carbonyl (C=O) groups is 4. The van der Waals surface area contributed by atoms with Crippen molar-refractivity contribution in [2.75, 3.05) is 14.2 Å². The molecule has 26 heavy (non-hydrogen) atoms. The molecular weight excluding hydrogens is 346 g/mol. The van der Waals surface area contributed by atoms with E-state index in [1.165, 1.54) is 0 Å². The molecule has 0 aliphatic rings. The fourth-order valence-electron chi connectivity index (χ4n) is 1.85. The fourth-order valence-corrected chi connectivity index (χ4v) is 1.85. The van der Waals surface area contributed by atoms with Crippen LogP contribution in [-0.4, -0.2) is 55.5 Å². The minimum absolute atomic E-state index is 0.395. The van der Waals surface area contributed by atoms with Gasteiger partial charge >= 0.3 is 24.0 Å². The lowest BCUT2D eigenvalue weighted by atomic mass is 9.99. The molecule has 0 aromatic rings. The second kappa shape index (κ2) is 9.40. The van der Waals surface area contributed by atoms with Gasteiger partial charge in [0.2, 0.25) is 0 Å². The van der Waals surface area contributed by atoms with Gasteiger partial charge in [0.05, 0.1) is 14.2 Å². The van der Waals surface area contributed by atoms with Crippen LogP contribution in [0.5, 0.6) is 0 Å². The van der Waals surface area contributed by atoms with Crippen molar-refractivity contribution in [2.45, 2.75) is 65.2 Å². The minimum atomic E-state index is -1.42. The molecule has 0 radical (unpaired) electrons. The van der Waals surface area contributed by atoms with Gasteiger partial charge in [-0.2, -0.15) is 0 Å². The van der Waals surface area contributed by atoms with E-state index in [-0.39, 0.29) is 0 Å². The van der Waals surface area contributed by atoms with Crippen molar-refractivity contribution in [1.29, 1.82) is 0 Å². The van der Waals surface area contributed by atoms with Gasteiger partial charge in [-0.1, -0.05) is 0 Å². The molecular formula is C17H29NO8. The molecule has 0 aromatic heterocycles. The van der Waals surface area contributed by atoms with Crippen molar-refractivity contribution in [3.05, 3.63) is 0 Å². The highest BCUT2D eigenvalue weighted by molar-refractivity contribution is 5.96. The SMILES string of the molecule is COC(=O)C(C[C@H](NC(=O)OC(C)(C)C)C(=O)OC)C(=O)OC(C)(C)C. The first-order chi connectivity index (χ1) is 11.7. The Morgan fingerprint density at radius 1 is 0.769 bits per heavy atom. The van der Waals surface area contributed by atoms with Gasteiger partial charge in [0.1, 0.15) is 17.2 Å². The Morgan fingerprint density at radius 3 is 1.62 bits per heavy atom. The van der Waals surface area contributed by atoms with Gasteiger partial charge in [-0.3, -0.25) is 9.59 Å². The molecule has 2 atom stereocenters. The predicted molar refractivity (Wildman–Crippen MR) is 91.1 cm³/mol. The smallest absolute Gasteiger partial charge is 0.408 e. The van der Waals surface area contributed by atoms with Crippen LogP contribution < -0.4 is 5.32 Å². The molecule has 1 unspecified atom stereocenters. The van der Waals surface area contributed by atoms with Crippen LogP contribution in [0.15, 0.2) is 0 Å². The Bertz CT molecular complexity index is 530. The molecule has 0 bridgehead atoms. The Morgan fingerprint density at radius 2 is 1.23 bits per heavy atom. The van der Waals surface area contributed by atoms with Crippen molar-refractivity contribution >= 4 is 24.0 Å². The highest BCUT2D eigenvalue weighted by Crippen LogP contribution is 2.18. The van der Waals surface area contributed by atoms with Crippen LogP contribution in [0.4, 0.5) is 4.79 Å². The summed E-state index contributed by atoms with van der Waals surface area (Å²) in [7, 11) is 2.22. The van der Waals surface area contributed by atoms with E-state index in [1.807, 2.05) is 0 Å². The number of hydrogen-bond acceptors (Lipinski definition) is 8. The van der Waals surface area contributed by atoms with E-state index in [0.29, 0.717) is 0 Å². The number of rotatable bonds is 6. The molecule has 1 N–H and O–H groups in total. The van der Waals surface area contributed by atoms with E-state index in [0.717, 1.165) is 14.2 Å².